The van der Waals surface area contributed by atoms with E-state index in [2.05, 4.69) is 31.7 Å². The number of aromatic nitrogens is 4. The Balaban J connectivity index is 0.962. The lowest BCUT2D eigenvalue weighted by molar-refractivity contribution is -0.252. The van der Waals surface area contributed by atoms with Crippen LogP contribution in [0.5, 0.6) is 0 Å². The van der Waals surface area contributed by atoms with Gasteiger partial charge in [0.2, 0.25) is 5.91 Å². The number of Topliss-reactive ketones (excluding diaryl/α,β-unsaturated/α-hetero) is 1. The van der Waals surface area contributed by atoms with Gasteiger partial charge >= 0.3 is 5.97 Å². The van der Waals surface area contributed by atoms with Crippen LogP contribution in [-0.4, -0.2) is 134 Å². The molecule has 3 N–H and O–H groups in total. The molecule has 2 aromatic heterocycles. The van der Waals surface area contributed by atoms with Crippen LogP contribution < -0.4 is 10.2 Å². The fourth-order valence-corrected chi connectivity index (χ4v) is 11.3. The number of carbonyl (C=O) groups is 3. The fraction of sp³-hybridized carbons (Fsp3) is 0.750. The van der Waals surface area contributed by atoms with Crippen molar-refractivity contribution in [3.05, 3.63) is 25.3 Å². The summed E-state index contributed by atoms with van der Waals surface area (Å²) in [5.74, 6) is -0.158. The van der Waals surface area contributed by atoms with Gasteiger partial charge in [-0.15, -0.1) is 6.58 Å². The summed E-state index contributed by atoms with van der Waals surface area (Å²) in [6.45, 7) is 16.2. The highest BCUT2D eigenvalue weighted by Gasteiger charge is 2.72. The lowest BCUT2D eigenvalue weighted by Crippen LogP contribution is -2.69. The van der Waals surface area contributed by atoms with Gasteiger partial charge in [-0.2, -0.15) is 0 Å². The summed E-state index contributed by atoms with van der Waals surface area (Å²) in [7, 11) is 1.96. The molecule has 4 heterocycles. The minimum Gasteiger partial charge on any atom is -0.458 e. The van der Waals surface area contributed by atoms with Crippen molar-refractivity contribution in [1.82, 2.24) is 34.6 Å². The van der Waals surface area contributed by atoms with Gasteiger partial charge in [0, 0.05) is 81.4 Å². The third-order valence-electron chi connectivity index (χ3n) is 14.8. The predicted molar refractivity (Wildman–Crippen MR) is 203 cm³/mol. The van der Waals surface area contributed by atoms with Gasteiger partial charge in [-0.05, 0) is 63.8 Å². The number of nitrogens with one attached hydrogen (secondary N) is 1. The van der Waals surface area contributed by atoms with Crippen molar-refractivity contribution < 1.29 is 29.3 Å². The van der Waals surface area contributed by atoms with Gasteiger partial charge in [0.25, 0.3) is 0 Å². The molecule has 2 bridgehead atoms. The molecular weight excluding hydrogens is 688 g/mol. The van der Waals surface area contributed by atoms with Crippen molar-refractivity contribution in [2.45, 2.75) is 109 Å². The van der Waals surface area contributed by atoms with Gasteiger partial charge < -0.3 is 34.6 Å². The Labute approximate surface area is 318 Å². The molecule has 9 atom stereocenters. The largest absolute Gasteiger partial charge is 0.458 e. The number of hydrogen-bond donors (Lipinski definition) is 3. The van der Waals surface area contributed by atoms with Gasteiger partial charge in [0.05, 0.1) is 25.1 Å². The number of aliphatic hydroxyl groups is 2. The number of aryl methyl sites for hydroxylation is 1. The maximum atomic E-state index is 13.7. The quantitative estimate of drug-likeness (QED) is 0.241. The summed E-state index contributed by atoms with van der Waals surface area (Å²) in [6, 6.07) is 0.361. The first-order chi connectivity index (χ1) is 25.7. The second kappa shape index (κ2) is 14.6. The summed E-state index contributed by atoms with van der Waals surface area (Å²) in [6.07, 6.45) is 8.19. The topological polar surface area (TPSA) is 166 Å². The lowest BCUT2D eigenvalue weighted by Gasteiger charge is -2.64. The molecule has 7 rings (SSSR count). The van der Waals surface area contributed by atoms with E-state index in [4.69, 9.17) is 4.74 Å². The molecule has 1 amide bonds. The molecule has 14 nitrogen and oxygen atoms in total. The first kappa shape index (κ1) is 38.8. The number of piperazine rings is 1. The molecule has 54 heavy (non-hydrogen) atoms. The first-order valence-corrected chi connectivity index (χ1v) is 20.0. The van der Waals surface area contributed by atoms with E-state index in [-0.39, 0.29) is 30.6 Å². The van der Waals surface area contributed by atoms with Crippen LogP contribution in [0.3, 0.4) is 0 Å². The minimum atomic E-state index is -1.09. The molecule has 2 aliphatic heterocycles. The fourth-order valence-electron chi connectivity index (χ4n) is 11.3. The highest BCUT2D eigenvalue weighted by molar-refractivity contribution is 5.86. The molecule has 5 fully saturated rings. The number of carbonyl (C=O) groups excluding carboxylic acids is 3. The van der Waals surface area contributed by atoms with E-state index in [1.165, 1.54) is 0 Å². The zero-order valence-corrected chi connectivity index (χ0v) is 32.8. The molecule has 8 unspecified atom stereocenters. The summed E-state index contributed by atoms with van der Waals surface area (Å²) in [4.78, 5) is 60.8. The molecule has 0 radical (unpaired) electrons. The van der Waals surface area contributed by atoms with Crippen molar-refractivity contribution in [2.24, 2.45) is 28.1 Å². The van der Waals surface area contributed by atoms with Crippen molar-refractivity contribution >= 4 is 34.6 Å². The molecular formula is C40H60N8O6. The molecule has 296 valence electrons. The number of fused-ring (bicyclic) bond motifs is 1. The molecule has 5 aliphatic rings. The number of anilines is 1. The third kappa shape index (κ3) is 6.24. The average molecular weight is 749 g/mol. The van der Waals surface area contributed by atoms with Crippen LogP contribution in [0.15, 0.2) is 25.3 Å². The summed E-state index contributed by atoms with van der Waals surface area (Å²) in [5, 5.41) is 26.9. The van der Waals surface area contributed by atoms with E-state index >= 15 is 0 Å². The summed E-state index contributed by atoms with van der Waals surface area (Å²) in [5.41, 5.74) is -1.91. The van der Waals surface area contributed by atoms with Crippen LogP contribution in [0, 0.1) is 28.1 Å². The van der Waals surface area contributed by atoms with Crippen LogP contribution >= 0.6 is 0 Å². The van der Waals surface area contributed by atoms with E-state index in [1.54, 1.807) is 18.7 Å². The second-order valence-electron chi connectivity index (χ2n) is 17.5. The Hall–Kier alpha value is -3.46. The van der Waals surface area contributed by atoms with Crippen LogP contribution in [0.1, 0.15) is 79.1 Å². The Morgan fingerprint density at radius 3 is 2.56 bits per heavy atom. The number of imidazole rings is 1. The molecule has 3 aliphatic carbocycles. The number of ether oxygens (including phenoxy) is 1. The minimum absolute atomic E-state index is 0.0403. The third-order valence-corrected chi connectivity index (χ3v) is 14.8. The first-order valence-electron chi connectivity index (χ1n) is 20.0. The zero-order chi connectivity index (χ0) is 38.6. The molecule has 0 spiro atoms. The Morgan fingerprint density at radius 2 is 1.83 bits per heavy atom. The standard InChI is InChI=1S/C40H60N8O6/c1-7-37(3)21-29(50)39(5)33-28(49)10-12-40(33,26(2)34(37)53)14-13-38(39,4)54-31(52)23-45-17-19-46(20-18-45)30(51)11-16-47-25-44-32-35(47)42-24-43-36(32)48-15-8-9-27(48)22-41-6/h7,24-27,29,33-34,41,50,53H,1,8-23H2,2-6H3/t26?,27-,29?,33?,34?,37?,38?,39?,40?/m1/s1. The van der Waals surface area contributed by atoms with Crippen molar-refractivity contribution in [1.29, 1.82) is 0 Å². The number of esters is 1. The summed E-state index contributed by atoms with van der Waals surface area (Å²) >= 11 is 0. The average Bonchev–Trinajstić information content (AvgIpc) is 3.89. The number of nitrogens with zero attached hydrogens (tertiary/aromatic N) is 7. The second-order valence-corrected chi connectivity index (χ2v) is 17.5. The molecule has 3 saturated carbocycles. The molecule has 2 saturated heterocycles. The number of likely N-dealkylation sites (N-methyl/N-ethyl adjacent to an activating group) is 1. The van der Waals surface area contributed by atoms with Gasteiger partial charge in [0.15, 0.2) is 17.0 Å². The zero-order valence-electron chi connectivity index (χ0n) is 32.8. The van der Waals surface area contributed by atoms with Crippen LogP contribution in [-0.2, 0) is 25.7 Å². The van der Waals surface area contributed by atoms with Crippen molar-refractivity contribution in [3.8, 4) is 0 Å². The Morgan fingerprint density at radius 1 is 1.07 bits per heavy atom. The highest BCUT2D eigenvalue weighted by Crippen LogP contribution is 2.69. The van der Waals surface area contributed by atoms with Gasteiger partial charge in [-0.3, -0.25) is 19.3 Å². The molecule has 14 heteroatoms. The van der Waals surface area contributed by atoms with E-state index in [1.807, 2.05) is 49.1 Å². The maximum absolute atomic E-state index is 13.7. The molecule has 2 aromatic rings. The number of rotatable bonds is 10. The molecule has 0 aromatic carbocycles. The Kier molecular flexibility index (Phi) is 10.5. The van der Waals surface area contributed by atoms with Crippen LogP contribution in [0.4, 0.5) is 5.82 Å². The van der Waals surface area contributed by atoms with E-state index in [9.17, 15) is 24.6 Å². The monoisotopic (exact) mass is 748 g/mol. The number of amides is 1. The smallest absolute Gasteiger partial charge is 0.320 e. The highest BCUT2D eigenvalue weighted by atomic mass is 16.6. The maximum Gasteiger partial charge on any atom is 0.320 e. The van der Waals surface area contributed by atoms with Crippen LogP contribution in [0.25, 0.3) is 11.2 Å². The summed E-state index contributed by atoms with van der Waals surface area (Å²) < 4.78 is 8.34. The predicted octanol–water partition coefficient (Wildman–Crippen LogP) is 2.57. The number of ketones is 1. The Bertz CT molecular complexity index is 1760. The normalized spacial score (nSPS) is 37.2. The van der Waals surface area contributed by atoms with Crippen molar-refractivity contribution in [3.63, 3.8) is 0 Å². The van der Waals surface area contributed by atoms with E-state index < -0.39 is 45.9 Å². The van der Waals surface area contributed by atoms with Gasteiger partial charge in [-0.1, -0.05) is 26.8 Å². The lowest BCUT2D eigenvalue weighted by atomic mass is 9.42. The van der Waals surface area contributed by atoms with Gasteiger partial charge in [-0.25, -0.2) is 15.0 Å². The van der Waals surface area contributed by atoms with E-state index in [0.717, 1.165) is 42.9 Å². The number of aliphatic hydroxyl groups excluding tert-OH is 2. The van der Waals surface area contributed by atoms with E-state index in [0.29, 0.717) is 70.9 Å². The number of hydrogen-bond acceptors (Lipinski definition) is 12. The van der Waals surface area contributed by atoms with Gasteiger partial charge in [0.1, 0.15) is 17.7 Å². The van der Waals surface area contributed by atoms with Crippen molar-refractivity contribution in [2.75, 3.05) is 57.8 Å². The SMILES string of the molecule is C=CC1(C)CC(O)C2(C)C3C(=O)CCC3(CCC2(C)OC(=O)CN2CCN(C(=O)CCn3cnc4c(N5CCC[C@@H]5CNC)ncnc43)CC2)C(C)C1O. The van der Waals surface area contributed by atoms with Crippen LogP contribution in [0.2, 0.25) is 0 Å².